The molecule has 0 radical (unpaired) electrons. The summed E-state index contributed by atoms with van der Waals surface area (Å²) in [7, 11) is 7.01. The van der Waals surface area contributed by atoms with E-state index in [1.165, 1.54) is 14.0 Å². The SMILES string of the molecule is COc1cc(C(C)=O)ccc1OCC(=O)NCC(c1ccccc1OC)N(C)C. The number of hydrogen-bond acceptors (Lipinski definition) is 6. The maximum absolute atomic E-state index is 12.3. The predicted molar refractivity (Wildman–Crippen MR) is 111 cm³/mol. The molecule has 0 saturated carbocycles. The first kappa shape index (κ1) is 22.2. The van der Waals surface area contributed by atoms with Gasteiger partial charge in [-0.1, -0.05) is 18.2 Å². The largest absolute Gasteiger partial charge is 0.496 e. The lowest BCUT2D eigenvalue weighted by Crippen LogP contribution is -2.37. The number of nitrogens with one attached hydrogen (secondary N) is 1. The molecule has 29 heavy (non-hydrogen) atoms. The average molecular weight is 400 g/mol. The van der Waals surface area contributed by atoms with E-state index in [1.54, 1.807) is 25.3 Å². The third-order valence-electron chi connectivity index (χ3n) is 4.54. The topological polar surface area (TPSA) is 77.1 Å². The van der Waals surface area contributed by atoms with Gasteiger partial charge in [-0.2, -0.15) is 0 Å². The van der Waals surface area contributed by atoms with Crippen LogP contribution < -0.4 is 19.5 Å². The van der Waals surface area contributed by atoms with Gasteiger partial charge in [-0.3, -0.25) is 9.59 Å². The van der Waals surface area contributed by atoms with E-state index in [2.05, 4.69) is 5.32 Å². The number of para-hydroxylation sites is 1. The number of benzene rings is 2. The minimum atomic E-state index is -0.260. The molecule has 0 fully saturated rings. The summed E-state index contributed by atoms with van der Waals surface area (Å²) in [6.07, 6.45) is 0. The van der Waals surface area contributed by atoms with E-state index in [1.807, 2.05) is 43.3 Å². The van der Waals surface area contributed by atoms with Gasteiger partial charge in [-0.25, -0.2) is 0 Å². The highest BCUT2D eigenvalue weighted by Gasteiger charge is 2.19. The number of ketones is 1. The van der Waals surface area contributed by atoms with Crippen molar-refractivity contribution in [1.82, 2.24) is 10.2 Å². The van der Waals surface area contributed by atoms with Crippen molar-refractivity contribution in [2.45, 2.75) is 13.0 Å². The number of likely N-dealkylation sites (N-methyl/N-ethyl adjacent to an activating group) is 1. The molecule has 0 heterocycles. The molecule has 7 heteroatoms. The van der Waals surface area contributed by atoms with Gasteiger partial charge in [0.1, 0.15) is 5.75 Å². The first-order chi connectivity index (χ1) is 13.9. The van der Waals surface area contributed by atoms with Crippen LogP contribution in [0.1, 0.15) is 28.9 Å². The summed E-state index contributed by atoms with van der Waals surface area (Å²) in [6.45, 7) is 1.71. The first-order valence-electron chi connectivity index (χ1n) is 9.25. The van der Waals surface area contributed by atoms with Gasteiger partial charge < -0.3 is 24.4 Å². The molecule has 0 aromatic heterocycles. The lowest BCUT2D eigenvalue weighted by atomic mass is 10.0. The zero-order chi connectivity index (χ0) is 21.4. The van der Waals surface area contributed by atoms with Gasteiger partial charge in [0.2, 0.25) is 0 Å². The minimum absolute atomic E-state index is 0.0560. The highest BCUT2D eigenvalue weighted by Crippen LogP contribution is 2.29. The second-order valence-electron chi connectivity index (χ2n) is 6.74. The van der Waals surface area contributed by atoms with Crippen LogP contribution in [0.3, 0.4) is 0 Å². The molecule has 1 atom stereocenters. The summed E-state index contributed by atoms with van der Waals surface area (Å²) in [4.78, 5) is 25.8. The van der Waals surface area contributed by atoms with Gasteiger partial charge in [-0.05, 0) is 45.3 Å². The van der Waals surface area contributed by atoms with E-state index in [0.29, 0.717) is 23.6 Å². The number of ether oxygens (including phenoxy) is 3. The number of rotatable bonds is 10. The number of nitrogens with zero attached hydrogens (tertiary/aromatic N) is 1. The van der Waals surface area contributed by atoms with Crippen molar-refractivity contribution < 1.29 is 23.8 Å². The van der Waals surface area contributed by atoms with Crippen LogP contribution in [0.4, 0.5) is 0 Å². The molecule has 0 saturated heterocycles. The quantitative estimate of drug-likeness (QED) is 0.618. The van der Waals surface area contributed by atoms with Gasteiger partial charge in [0.15, 0.2) is 23.9 Å². The number of amides is 1. The molecule has 2 aromatic carbocycles. The maximum Gasteiger partial charge on any atom is 0.258 e. The van der Waals surface area contributed by atoms with Gasteiger partial charge in [0.05, 0.1) is 20.3 Å². The van der Waals surface area contributed by atoms with Crippen LogP contribution in [0.25, 0.3) is 0 Å². The molecule has 0 aliphatic rings. The van der Waals surface area contributed by atoms with E-state index in [-0.39, 0.29) is 24.3 Å². The third-order valence-corrected chi connectivity index (χ3v) is 4.54. The van der Waals surface area contributed by atoms with Crippen molar-refractivity contribution in [2.75, 3.05) is 41.5 Å². The van der Waals surface area contributed by atoms with E-state index >= 15 is 0 Å². The van der Waals surface area contributed by atoms with Crippen molar-refractivity contribution >= 4 is 11.7 Å². The van der Waals surface area contributed by atoms with Gasteiger partial charge in [0.25, 0.3) is 5.91 Å². The van der Waals surface area contributed by atoms with E-state index in [0.717, 1.165) is 11.3 Å². The first-order valence-corrected chi connectivity index (χ1v) is 9.25. The Kier molecular flexibility index (Phi) is 8.03. The fraction of sp³-hybridized carbons (Fsp3) is 0.364. The Balaban J connectivity index is 1.99. The van der Waals surface area contributed by atoms with Crippen molar-refractivity contribution in [2.24, 2.45) is 0 Å². The lowest BCUT2D eigenvalue weighted by Gasteiger charge is -2.26. The summed E-state index contributed by atoms with van der Waals surface area (Å²) < 4.78 is 16.3. The summed E-state index contributed by atoms with van der Waals surface area (Å²) in [5.41, 5.74) is 1.51. The molecular weight excluding hydrogens is 372 g/mol. The Morgan fingerprint density at radius 3 is 2.31 bits per heavy atom. The number of hydrogen-bond donors (Lipinski definition) is 1. The molecule has 0 aliphatic heterocycles. The Bertz CT molecular complexity index is 851. The van der Waals surface area contributed by atoms with Crippen LogP contribution in [0.5, 0.6) is 17.2 Å². The zero-order valence-electron chi connectivity index (χ0n) is 17.5. The van der Waals surface area contributed by atoms with Crippen molar-refractivity contribution in [1.29, 1.82) is 0 Å². The molecule has 0 spiro atoms. The number of methoxy groups -OCH3 is 2. The van der Waals surface area contributed by atoms with Crippen LogP contribution in [0.2, 0.25) is 0 Å². The van der Waals surface area contributed by atoms with E-state index < -0.39 is 0 Å². The average Bonchev–Trinajstić information content (AvgIpc) is 2.72. The molecule has 156 valence electrons. The molecule has 0 aliphatic carbocycles. The number of Topliss-reactive ketones (excluding diaryl/α,β-unsaturated/α-hetero) is 1. The fourth-order valence-electron chi connectivity index (χ4n) is 2.92. The normalized spacial score (nSPS) is 11.7. The Labute approximate surface area is 171 Å². The van der Waals surface area contributed by atoms with Gasteiger partial charge >= 0.3 is 0 Å². The Morgan fingerprint density at radius 2 is 1.69 bits per heavy atom. The highest BCUT2D eigenvalue weighted by molar-refractivity contribution is 5.94. The van der Waals surface area contributed by atoms with Crippen LogP contribution >= 0.6 is 0 Å². The maximum atomic E-state index is 12.3. The second kappa shape index (κ2) is 10.5. The summed E-state index contributed by atoms with van der Waals surface area (Å²) in [5, 5.41) is 2.90. The molecule has 2 rings (SSSR count). The summed E-state index contributed by atoms with van der Waals surface area (Å²) >= 11 is 0. The van der Waals surface area contributed by atoms with Gasteiger partial charge in [0, 0.05) is 17.7 Å². The Morgan fingerprint density at radius 1 is 1.00 bits per heavy atom. The van der Waals surface area contributed by atoms with E-state index in [9.17, 15) is 9.59 Å². The Hall–Kier alpha value is -3.06. The van der Waals surface area contributed by atoms with Crippen molar-refractivity contribution in [3.63, 3.8) is 0 Å². The van der Waals surface area contributed by atoms with E-state index in [4.69, 9.17) is 14.2 Å². The monoisotopic (exact) mass is 400 g/mol. The number of carbonyl (C=O) groups excluding carboxylic acids is 2. The zero-order valence-corrected chi connectivity index (χ0v) is 17.5. The molecular formula is C22H28N2O5. The molecule has 2 aromatic rings. The van der Waals surface area contributed by atoms with Gasteiger partial charge in [-0.15, -0.1) is 0 Å². The molecule has 0 bridgehead atoms. The van der Waals surface area contributed by atoms with Crippen LogP contribution in [-0.2, 0) is 4.79 Å². The summed E-state index contributed by atoms with van der Waals surface area (Å²) in [6, 6.07) is 12.5. The second-order valence-corrected chi connectivity index (χ2v) is 6.74. The van der Waals surface area contributed by atoms with Crippen molar-refractivity contribution in [3.05, 3.63) is 53.6 Å². The lowest BCUT2D eigenvalue weighted by molar-refractivity contribution is -0.123. The van der Waals surface area contributed by atoms with Crippen LogP contribution in [0, 0.1) is 0 Å². The van der Waals surface area contributed by atoms with Crippen LogP contribution in [-0.4, -0.2) is 58.1 Å². The predicted octanol–water partition coefficient (Wildman–Crippen LogP) is 2.70. The molecule has 1 amide bonds. The molecule has 1 unspecified atom stereocenters. The molecule has 7 nitrogen and oxygen atoms in total. The smallest absolute Gasteiger partial charge is 0.258 e. The number of carbonyl (C=O) groups is 2. The third kappa shape index (κ3) is 5.96. The van der Waals surface area contributed by atoms with Crippen molar-refractivity contribution in [3.8, 4) is 17.2 Å². The highest BCUT2D eigenvalue weighted by atomic mass is 16.5. The van der Waals surface area contributed by atoms with Crippen LogP contribution in [0.15, 0.2) is 42.5 Å². The fourth-order valence-corrected chi connectivity index (χ4v) is 2.92. The standard InChI is InChI=1S/C22H28N2O5/c1-15(25)16-10-11-20(21(12-16)28-5)29-14-22(26)23-13-18(24(2)3)17-8-6-7-9-19(17)27-4/h6-12,18H,13-14H2,1-5H3,(H,23,26). The minimum Gasteiger partial charge on any atom is -0.496 e. The summed E-state index contributed by atoms with van der Waals surface area (Å²) in [5.74, 6) is 1.25. The molecule has 1 N–H and O–H groups in total.